The second-order valence-corrected chi connectivity index (χ2v) is 4.85. The molecular formula is C16H23NO5. The average molecular weight is 309 g/mol. The summed E-state index contributed by atoms with van der Waals surface area (Å²) in [5, 5.41) is 2.65. The van der Waals surface area contributed by atoms with Gasteiger partial charge in [-0.1, -0.05) is 19.1 Å². The van der Waals surface area contributed by atoms with Crippen LogP contribution >= 0.6 is 0 Å². The van der Waals surface area contributed by atoms with E-state index in [4.69, 9.17) is 9.47 Å². The zero-order chi connectivity index (χ0) is 16.7. The molecule has 0 bridgehead atoms. The Hall–Kier alpha value is -2.11. The Morgan fingerprint density at radius 3 is 2.00 bits per heavy atom. The number of amides is 1. The molecule has 0 aromatic rings. The molecule has 22 heavy (non-hydrogen) atoms. The van der Waals surface area contributed by atoms with Gasteiger partial charge in [0, 0.05) is 12.8 Å². The first-order chi connectivity index (χ1) is 10.5. The quantitative estimate of drug-likeness (QED) is 0.594. The number of nitrogens with one attached hydrogen (secondary N) is 1. The lowest BCUT2D eigenvalue weighted by Gasteiger charge is -2.27. The molecule has 0 aromatic heterocycles. The Labute approximate surface area is 130 Å². The summed E-state index contributed by atoms with van der Waals surface area (Å²) >= 11 is 0. The van der Waals surface area contributed by atoms with E-state index < -0.39 is 18.0 Å². The molecule has 0 heterocycles. The predicted molar refractivity (Wildman–Crippen MR) is 80.8 cm³/mol. The largest absolute Gasteiger partial charge is 0.463 e. The van der Waals surface area contributed by atoms with Crippen LogP contribution in [0, 0.1) is 5.92 Å². The van der Waals surface area contributed by atoms with Crippen molar-refractivity contribution in [1.82, 2.24) is 5.32 Å². The minimum absolute atomic E-state index is 0.157. The molecule has 1 rings (SSSR count). The van der Waals surface area contributed by atoms with Gasteiger partial charge in [0.05, 0.1) is 30.4 Å². The normalized spacial score (nSPS) is 20.5. The van der Waals surface area contributed by atoms with Gasteiger partial charge in [0.15, 0.2) is 0 Å². The SMILES string of the molecule is CCOC(=O)C1=C(C(=O)OCC)[C@H](NC(C)=O)C=C[C@@H]1CC. The molecule has 2 atom stereocenters. The highest BCUT2D eigenvalue weighted by Gasteiger charge is 2.35. The van der Waals surface area contributed by atoms with E-state index in [2.05, 4.69) is 5.32 Å². The van der Waals surface area contributed by atoms with E-state index in [0.29, 0.717) is 6.42 Å². The molecule has 1 N–H and O–H groups in total. The molecule has 0 aliphatic heterocycles. The maximum Gasteiger partial charge on any atom is 0.337 e. The standard InChI is InChI=1S/C16H23NO5/c1-5-11-8-9-12(17-10(4)18)14(16(20)22-7-3)13(11)15(19)21-6-2/h8-9,11-12H,5-7H2,1-4H3,(H,17,18)/t11-,12+/m0/s1. The van der Waals surface area contributed by atoms with Crippen LogP contribution in [0.1, 0.15) is 34.1 Å². The molecule has 0 saturated heterocycles. The van der Waals surface area contributed by atoms with Gasteiger partial charge >= 0.3 is 11.9 Å². The van der Waals surface area contributed by atoms with Crippen LogP contribution in [0.3, 0.4) is 0 Å². The van der Waals surface area contributed by atoms with E-state index in [1.807, 2.05) is 13.0 Å². The first kappa shape index (κ1) is 17.9. The summed E-state index contributed by atoms with van der Waals surface area (Å²) in [4.78, 5) is 35.9. The van der Waals surface area contributed by atoms with E-state index in [1.54, 1.807) is 19.9 Å². The molecule has 0 unspecified atom stereocenters. The Morgan fingerprint density at radius 1 is 1.00 bits per heavy atom. The van der Waals surface area contributed by atoms with Crippen molar-refractivity contribution in [1.29, 1.82) is 0 Å². The first-order valence-corrected chi connectivity index (χ1v) is 7.49. The third kappa shape index (κ3) is 4.19. The molecule has 0 fully saturated rings. The third-order valence-corrected chi connectivity index (χ3v) is 3.30. The monoisotopic (exact) mass is 309 g/mol. The number of rotatable bonds is 6. The summed E-state index contributed by atoms with van der Waals surface area (Å²) in [6.45, 7) is 7.05. The van der Waals surface area contributed by atoms with Crippen LogP contribution in [0.2, 0.25) is 0 Å². The van der Waals surface area contributed by atoms with Crippen LogP contribution in [-0.4, -0.2) is 37.1 Å². The molecule has 6 nitrogen and oxygen atoms in total. The van der Waals surface area contributed by atoms with Gasteiger partial charge < -0.3 is 14.8 Å². The zero-order valence-corrected chi connectivity index (χ0v) is 13.5. The lowest BCUT2D eigenvalue weighted by atomic mass is 9.83. The predicted octanol–water partition coefficient (Wildman–Crippen LogP) is 1.51. The van der Waals surface area contributed by atoms with Crippen molar-refractivity contribution in [2.24, 2.45) is 5.92 Å². The fourth-order valence-electron chi connectivity index (χ4n) is 2.40. The maximum absolute atomic E-state index is 12.3. The molecule has 0 saturated carbocycles. The van der Waals surface area contributed by atoms with Gasteiger partial charge in [0.2, 0.25) is 5.91 Å². The molecule has 1 aliphatic carbocycles. The van der Waals surface area contributed by atoms with Gasteiger partial charge in [-0.25, -0.2) is 9.59 Å². The van der Waals surface area contributed by atoms with Crippen LogP contribution in [0.15, 0.2) is 23.3 Å². The number of esters is 2. The molecular weight excluding hydrogens is 286 g/mol. The van der Waals surface area contributed by atoms with Crippen LogP contribution in [0.4, 0.5) is 0 Å². The van der Waals surface area contributed by atoms with E-state index in [0.717, 1.165) is 0 Å². The van der Waals surface area contributed by atoms with Gasteiger partial charge in [0.1, 0.15) is 0 Å². The van der Waals surface area contributed by atoms with Crippen molar-refractivity contribution in [3.05, 3.63) is 23.3 Å². The minimum Gasteiger partial charge on any atom is -0.463 e. The highest BCUT2D eigenvalue weighted by atomic mass is 16.5. The Bertz CT molecular complexity index is 507. The van der Waals surface area contributed by atoms with Crippen LogP contribution in [0.5, 0.6) is 0 Å². The van der Waals surface area contributed by atoms with E-state index in [-0.39, 0.29) is 36.2 Å². The van der Waals surface area contributed by atoms with Crippen LogP contribution in [-0.2, 0) is 23.9 Å². The van der Waals surface area contributed by atoms with E-state index in [1.165, 1.54) is 6.92 Å². The summed E-state index contributed by atoms with van der Waals surface area (Å²) in [5.74, 6) is -1.68. The van der Waals surface area contributed by atoms with Crippen molar-refractivity contribution in [2.45, 2.75) is 40.2 Å². The smallest absolute Gasteiger partial charge is 0.337 e. The Morgan fingerprint density at radius 2 is 1.55 bits per heavy atom. The number of hydrogen-bond donors (Lipinski definition) is 1. The molecule has 0 radical (unpaired) electrons. The van der Waals surface area contributed by atoms with Gasteiger partial charge in [-0.2, -0.15) is 0 Å². The summed E-state index contributed by atoms with van der Waals surface area (Å²) in [6.07, 6.45) is 4.17. The lowest BCUT2D eigenvalue weighted by molar-refractivity contribution is -0.142. The lowest BCUT2D eigenvalue weighted by Crippen LogP contribution is -2.40. The van der Waals surface area contributed by atoms with Gasteiger partial charge in [-0.05, 0) is 20.3 Å². The van der Waals surface area contributed by atoms with Crippen molar-refractivity contribution >= 4 is 17.8 Å². The summed E-state index contributed by atoms with van der Waals surface area (Å²) in [7, 11) is 0. The van der Waals surface area contributed by atoms with Crippen molar-refractivity contribution in [2.75, 3.05) is 13.2 Å². The second-order valence-electron chi connectivity index (χ2n) is 4.85. The van der Waals surface area contributed by atoms with Crippen LogP contribution in [0.25, 0.3) is 0 Å². The van der Waals surface area contributed by atoms with Crippen molar-refractivity contribution in [3.63, 3.8) is 0 Å². The molecule has 122 valence electrons. The van der Waals surface area contributed by atoms with Gasteiger partial charge in [-0.15, -0.1) is 0 Å². The van der Waals surface area contributed by atoms with E-state index in [9.17, 15) is 14.4 Å². The number of hydrogen-bond acceptors (Lipinski definition) is 5. The topological polar surface area (TPSA) is 81.7 Å². The highest BCUT2D eigenvalue weighted by molar-refractivity contribution is 6.03. The van der Waals surface area contributed by atoms with Gasteiger partial charge in [-0.3, -0.25) is 4.79 Å². The van der Waals surface area contributed by atoms with Crippen LogP contribution < -0.4 is 5.32 Å². The summed E-state index contributed by atoms with van der Waals surface area (Å²) in [5.41, 5.74) is 0.425. The fraction of sp³-hybridized carbons (Fsp3) is 0.562. The van der Waals surface area contributed by atoms with Crippen molar-refractivity contribution < 1.29 is 23.9 Å². The van der Waals surface area contributed by atoms with Crippen molar-refractivity contribution in [3.8, 4) is 0 Å². The second kappa shape index (κ2) is 8.36. The molecule has 0 aromatic carbocycles. The molecule has 1 aliphatic rings. The maximum atomic E-state index is 12.3. The Kier molecular flexibility index (Phi) is 6.82. The highest BCUT2D eigenvalue weighted by Crippen LogP contribution is 2.29. The summed E-state index contributed by atoms with van der Waals surface area (Å²) < 4.78 is 10.1. The number of carbonyl (C=O) groups is 3. The molecule has 1 amide bonds. The number of carbonyl (C=O) groups excluding carboxylic acids is 3. The molecule has 6 heteroatoms. The van der Waals surface area contributed by atoms with Gasteiger partial charge in [0.25, 0.3) is 0 Å². The average Bonchev–Trinajstić information content (AvgIpc) is 2.46. The zero-order valence-electron chi connectivity index (χ0n) is 13.5. The molecule has 0 spiro atoms. The number of ether oxygens (including phenoxy) is 2. The van der Waals surface area contributed by atoms with E-state index >= 15 is 0 Å². The fourth-order valence-corrected chi connectivity index (χ4v) is 2.40. The summed E-state index contributed by atoms with van der Waals surface area (Å²) in [6, 6.07) is -0.682. The minimum atomic E-state index is -0.682. The first-order valence-electron chi connectivity index (χ1n) is 7.49. The Balaban J connectivity index is 3.34. The third-order valence-electron chi connectivity index (χ3n) is 3.30. The number of allylic oxidation sites excluding steroid dienone is 1.